The molecule has 4 nitrogen and oxygen atoms in total. The Kier molecular flexibility index (Phi) is 7.72. The number of rotatable bonds is 4. The molecule has 1 amide bonds. The molecule has 0 aromatic carbocycles. The van der Waals surface area contributed by atoms with Crippen molar-refractivity contribution >= 4 is 18.3 Å². The van der Waals surface area contributed by atoms with Gasteiger partial charge in [-0.15, -0.1) is 12.4 Å². The SMILES string of the molecule is CCOC(C)C(=O)N1CCCC(CN)C1.Cl. The number of piperidine rings is 1. The van der Waals surface area contributed by atoms with E-state index in [1.54, 1.807) is 0 Å². The highest BCUT2D eigenvalue weighted by molar-refractivity contribution is 5.85. The van der Waals surface area contributed by atoms with E-state index in [-0.39, 0.29) is 24.4 Å². The Hall–Kier alpha value is -0.320. The predicted molar refractivity (Wildman–Crippen MR) is 66.7 cm³/mol. The molecule has 1 rings (SSSR count). The van der Waals surface area contributed by atoms with Crippen LogP contribution in [0.25, 0.3) is 0 Å². The van der Waals surface area contributed by atoms with E-state index in [4.69, 9.17) is 10.5 Å². The van der Waals surface area contributed by atoms with Crippen molar-refractivity contribution in [3.05, 3.63) is 0 Å². The molecule has 0 aliphatic carbocycles. The summed E-state index contributed by atoms with van der Waals surface area (Å²) in [5.74, 6) is 0.575. The van der Waals surface area contributed by atoms with Gasteiger partial charge in [0.15, 0.2) is 0 Å². The summed E-state index contributed by atoms with van der Waals surface area (Å²) in [6.07, 6.45) is 1.89. The number of carbonyl (C=O) groups is 1. The zero-order valence-electron chi connectivity index (χ0n) is 10.1. The predicted octanol–water partition coefficient (Wildman–Crippen LogP) is 1.03. The van der Waals surface area contributed by atoms with E-state index < -0.39 is 0 Å². The Bertz CT molecular complexity index is 214. The third-order valence-corrected chi connectivity index (χ3v) is 2.93. The molecule has 0 bridgehead atoms. The summed E-state index contributed by atoms with van der Waals surface area (Å²) in [5.41, 5.74) is 5.63. The van der Waals surface area contributed by atoms with Crippen LogP contribution in [-0.2, 0) is 9.53 Å². The zero-order valence-corrected chi connectivity index (χ0v) is 11.0. The number of ether oxygens (including phenoxy) is 1. The third-order valence-electron chi connectivity index (χ3n) is 2.93. The van der Waals surface area contributed by atoms with E-state index in [0.717, 1.165) is 25.9 Å². The lowest BCUT2D eigenvalue weighted by molar-refractivity contribution is -0.144. The van der Waals surface area contributed by atoms with Gasteiger partial charge in [0.25, 0.3) is 5.91 Å². The number of hydrogen-bond acceptors (Lipinski definition) is 3. The van der Waals surface area contributed by atoms with Crippen LogP contribution in [0.2, 0.25) is 0 Å². The number of nitrogens with two attached hydrogens (primary N) is 1. The minimum absolute atomic E-state index is 0. The van der Waals surface area contributed by atoms with Crippen molar-refractivity contribution in [2.45, 2.75) is 32.8 Å². The Morgan fingerprint density at radius 1 is 1.62 bits per heavy atom. The summed E-state index contributed by atoms with van der Waals surface area (Å²) in [7, 11) is 0. The molecule has 1 saturated heterocycles. The normalized spacial score (nSPS) is 22.4. The number of amides is 1. The van der Waals surface area contributed by atoms with Gasteiger partial charge in [0, 0.05) is 19.7 Å². The number of hydrogen-bond donors (Lipinski definition) is 1. The molecule has 0 aromatic rings. The first-order valence-corrected chi connectivity index (χ1v) is 5.79. The van der Waals surface area contributed by atoms with E-state index in [1.807, 2.05) is 18.7 Å². The summed E-state index contributed by atoms with van der Waals surface area (Å²) in [4.78, 5) is 13.8. The molecule has 0 spiro atoms. The molecule has 96 valence electrons. The number of halogens is 1. The molecule has 2 atom stereocenters. The van der Waals surface area contributed by atoms with Gasteiger partial charge in [-0.3, -0.25) is 4.79 Å². The maximum atomic E-state index is 11.9. The van der Waals surface area contributed by atoms with Crippen LogP contribution < -0.4 is 5.73 Å². The lowest BCUT2D eigenvalue weighted by Gasteiger charge is -2.33. The molecule has 1 heterocycles. The van der Waals surface area contributed by atoms with Crippen LogP contribution in [0, 0.1) is 5.92 Å². The second-order valence-electron chi connectivity index (χ2n) is 4.13. The zero-order chi connectivity index (χ0) is 11.3. The highest BCUT2D eigenvalue weighted by Gasteiger charge is 2.26. The minimum Gasteiger partial charge on any atom is -0.369 e. The van der Waals surface area contributed by atoms with Gasteiger partial charge in [-0.1, -0.05) is 0 Å². The van der Waals surface area contributed by atoms with Crippen molar-refractivity contribution in [3.8, 4) is 0 Å². The van der Waals surface area contributed by atoms with Crippen molar-refractivity contribution in [2.75, 3.05) is 26.2 Å². The largest absolute Gasteiger partial charge is 0.369 e. The number of carbonyl (C=O) groups excluding carboxylic acids is 1. The molecule has 1 fully saturated rings. The first kappa shape index (κ1) is 15.7. The fourth-order valence-electron chi connectivity index (χ4n) is 2.04. The van der Waals surface area contributed by atoms with Crippen LogP contribution >= 0.6 is 12.4 Å². The van der Waals surface area contributed by atoms with Crippen LogP contribution in [0.15, 0.2) is 0 Å². The molecule has 5 heteroatoms. The lowest BCUT2D eigenvalue weighted by atomic mass is 9.98. The van der Waals surface area contributed by atoms with Gasteiger partial charge in [0.2, 0.25) is 0 Å². The second kappa shape index (κ2) is 7.87. The highest BCUT2D eigenvalue weighted by atomic mass is 35.5. The van der Waals surface area contributed by atoms with Crippen LogP contribution in [0.1, 0.15) is 26.7 Å². The fraction of sp³-hybridized carbons (Fsp3) is 0.909. The average Bonchev–Trinajstić information content (AvgIpc) is 2.28. The van der Waals surface area contributed by atoms with E-state index in [1.165, 1.54) is 0 Å². The second-order valence-corrected chi connectivity index (χ2v) is 4.13. The first-order chi connectivity index (χ1) is 7.19. The molecule has 0 saturated carbocycles. The monoisotopic (exact) mass is 250 g/mol. The van der Waals surface area contributed by atoms with Gasteiger partial charge in [-0.2, -0.15) is 0 Å². The Balaban J connectivity index is 0.00000225. The molecular formula is C11H23ClN2O2. The molecule has 16 heavy (non-hydrogen) atoms. The van der Waals surface area contributed by atoms with Crippen LogP contribution in [-0.4, -0.2) is 43.2 Å². The van der Waals surface area contributed by atoms with E-state index in [9.17, 15) is 4.79 Å². The molecule has 2 N–H and O–H groups in total. The first-order valence-electron chi connectivity index (χ1n) is 5.79. The third kappa shape index (κ3) is 4.28. The average molecular weight is 251 g/mol. The number of nitrogens with zero attached hydrogens (tertiary/aromatic N) is 1. The smallest absolute Gasteiger partial charge is 0.251 e. The molecule has 1 aliphatic heterocycles. The minimum atomic E-state index is -0.313. The topological polar surface area (TPSA) is 55.6 Å². The van der Waals surface area contributed by atoms with E-state index in [2.05, 4.69) is 0 Å². The van der Waals surface area contributed by atoms with Gasteiger partial charge in [-0.25, -0.2) is 0 Å². The Morgan fingerprint density at radius 3 is 2.88 bits per heavy atom. The van der Waals surface area contributed by atoms with Gasteiger partial charge >= 0.3 is 0 Å². The summed E-state index contributed by atoms with van der Waals surface area (Å²) in [6.45, 7) is 6.63. The number of likely N-dealkylation sites (tertiary alicyclic amines) is 1. The summed E-state index contributed by atoms with van der Waals surface area (Å²) in [5, 5.41) is 0. The van der Waals surface area contributed by atoms with Crippen molar-refractivity contribution < 1.29 is 9.53 Å². The molecular weight excluding hydrogens is 228 g/mol. The highest BCUT2D eigenvalue weighted by Crippen LogP contribution is 2.16. The lowest BCUT2D eigenvalue weighted by Crippen LogP contribution is -2.46. The van der Waals surface area contributed by atoms with Crippen molar-refractivity contribution in [1.29, 1.82) is 0 Å². The maximum absolute atomic E-state index is 11.9. The van der Waals surface area contributed by atoms with Crippen LogP contribution in [0.4, 0.5) is 0 Å². The quantitative estimate of drug-likeness (QED) is 0.811. The summed E-state index contributed by atoms with van der Waals surface area (Å²) < 4.78 is 5.30. The molecule has 2 unspecified atom stereocenters. The molecule has 0 radical (unpaired) electrons. The molecule has 0 aromatic heterocycles. The van der Waals surface area contributed by atoms with Gasteiger partial charge in [0.1, 0.15) is 6.10 Å². The molecule has 1 aliphatic rings. The van der Waals surface area contributed by atoms with Crippen LogP contribution in [0.5, 0.6) is 0 Å². The van der Waals surface area contributed by atoms with E-state index in [0.29, 0.717) is 19.1 Å². The van der Waals surface area contributed by atoms with Gasteiger partial charge < -0.3 is 15.4 Å². The van der Waals surface area contributed by atoms with Crippen molar-refractivity contribution in [2.24, 2.45) is 11.7 Å². The van der Waals surface area contributed by atoms with Crippen LogP contribution in [0.3, 0.4) is 0 Å². The van der Waals surface area contributed by atoms with Gasteiger partial charge in [0.05, 0.1) is 0 Å². The van der Waals surface area contributed by atoms with E-state index >= 15 is 0 Å². The summed E-state index contributed by atoms with van der Waals surface area (Å²) >= 11 is 0. The Morgan fingerprint density at radius 2 is 2.31 bits per heavy atom. The van der Waals surface area contributed by atoms with Crippen molar-refractivity contribution in [3.63, 3.8) is 0 Å². The van der Waals surface area contributed by atoms with Crippen molar-refractivity contribution in [1.82, 2.24) is 4.90 Å². The fourth-order valence-corrected chi connectivity index (χ4v) is 2.04. The maximum Gasteiger partial charge on any atom is 0.251 e. The standard InChI is InChI=1S/C11H22N2O2.ClH/c1-3-15-9(2)11(14)13-6-4-5-10(7-12)8-13;/h9-10H,3-8,12H2,1-2H3;1H. The Labute approximate surface area is 104 Å². The summed E-state index contributed by atoms with van der Waals surface area (Å²) in [6, 6.07) is 0. The van der Waals surface area contributed by atoms with Gasteiger partial charge in [-0.05, 0) is 39.2 Å².